The third kappa shape index (κ3) is 11.0. The first kappa shape index (κ1) is 57.3. The van der Waals surface area contributed by atoms with Crippen molar-refractivity contribution in [2.45, 2.75) is 241 Å². The highest BCUT2D eigenvalue weighted by molar-refractivity contribution is 5.10. The van der Waals surface area contributed by atoms with Crippen LogP contribution in [0.1, 0.15) is 112 Å². The Morgan fingerprint density at radius 1 is 0.458 bits per heavy atom. The van der Waals surface area contributed by atoms with Crippen molar-refractivity contribution in [3.05, 3.63) is 0 Å². The molecular formula is C51H88O21. The Labute approximate surface area is 422 Å². The minimum absolute atomic E-state index is 0.176. The molecule has 0 aromatic heterocycles. The van der Waals surface area contributed by atoms with E-state index in [2.05, 4.69) is 34.6 Å². The lowest BCUT2D eigenvalue weighted by molar-refractivity contribution is -0.389. The van der Waals surface area contributed by atoms with Crippen LogP contribution in [0, 0.1) is 52.3 Å². The zero-order chi connectivity index (χ0) is 52.1. The number of fused-ring (bicyclic) bond motifs is 5. The van der Waals surface area contributed by atoms with Gasteiger partial charge in [-0.15, -0.1) is 0 Å². The van der Waals surface area contributed by atoms with E-state index in [-0.39, 0.29) is 11.5 Å². The standard InChI is InChI=1S/C51H88O21/c1-22(2)7-6-8-23(3)27-11-12-28-26-10-9-24-17-25(13-15-50(24,4)29(26)14-16-51(27,28)5)65-46-40(62)36(58)43(31(19-53)67-46)71-48-42(64)38(60)45(33(21-55)69-48)72-49-41(63)37(59)44(32(20-54)68-49)70-47-39(61)35(57)34(56)30(18-52)66-47/h22-49,52-64H,6-21H2,1-5H3/t23?,24?,25?,26?,27?,28?,29?,30?,31?,32?,33?,34?,35?,36?,37?,38?,39?,40?,41?,42?,43?,44?,45?,46?,47?,48?,49?,50-,51+/m0/s1. The van der Waals surface area contributed by atoms with Gasteiger partial charge in [0, 0.05) is 0 Å². The van der Waals surface area contributed by atoms with E-state index in [1.807, 2.05) is 0 Å². The van der Waals surface area contributed by atoms with Gasteiger partial charge in [0.15, 0.2) is 25.2 Å². The van der Waals surface area contributed by atoms with Crippen LogP contribution >= 0.6 is 0 Å². The minimum atomic E-state index is -2.02. The number of hydrogen-bond donors (Lipinski definition) is 13. The maximum absolute atomic E-state index is 11.5. The van der Waals surface area contributed by atoms with Gasteiger partial charge in [-0.25, -0.2) is 0 Å². The van der Waals surface area contributed by atoms with Gasteiger partial charge in [-0.3, -0.25) is 0 Å². The van der Waals surface area contributed by atoms with Crippen LogP contribution in [0.2, 0.25) is 0 Å². The highest BCUT2D eigenvalue weighted by Gasteiger charge is 2.62. The molecule has 0 spiro atoms. The Kier molecular flexibility index (Phi) is 18.8. The molecular weight excluding hydrogens is 949 g/mol. The largest absolute Gasteiger partial charge is 0.394 e. The van der Waals surface area contributed by atoms with Gasteiger partial charge in [-0.2, -0.15) is 0 Å². The Balaban J connectivity index is 0.843. The van der Waals surface area contributed by atoms with Crippen LogP contribution in [-0.2, 0) is 37.9 Å². The topological polar surface area (TPSA) is 337 Å². The fourth-order valence-electron chi connectivity index (χ4n) is 15.2. The molecule has 0 amide bonds. The second kappa shape index (κ2) is 23.6. The van der Waals surface area contributed by atoms with Crippen molar-refractivity contribution in [2.24, 2.45) is 52.3 Å². The van der Waals surface area contributed by atoms with Crippen molar-refractivity contribution < 1.29 is 104 Å². The van der Waals surface area contributed by atoms with Crippen LogP contribution in [0.3, 0.4) is 0 Å². The molecule has 27 unspecified atom stereocenters. The van der Waals surface area contributed by atoms with Gasteiger partial charge in [-0.05, 0) is 110 Å². The van der Waals surface area contributed by atoms with Crippen molar-refractivity contribution in [1.29, 1.82) is 0 Å². The smallest absolute Gasteiger partial charge is 0.187 e. The summed E-state index contributed by atoms with van der Waals surface area (Å²) in [4.78, 5) is 0. The van der Waals surface area contributed by atoms with Crippen molar-refractivity contribution >= 4 is 0 Å². The summed E-state index contributed by atoms with van der Waals surface area (Å²) < 4.78 is 46.6. The highest BCUT2D eigenvalue weighted by Crippen LogP contribution is 2.68. The van der Waals surface area contributed by atoms with Crippen LogP contribution in [0.5, 0.6) is 0 Å². The molecule has 0 aromatic rings. The lowest BCUT2D eigenvalue weighted by Gasteiger charge is -2.61. The fraction of sp³-hybridized carbons (Fsp3) is 1.00. The molecule has 4 aliphatic heterocycles. The summed E-state index contributed by atoms with van der Waals surface area (Å²) in [6.07, 6.45) is -20.4. The normalized spacial score (nSPS) is 52.4. The minimum Gasteiger partial charge on any atom is -0.394 e. The number of aliphatic hydroxyl groups excluding tert-OH is 13. The van der Waals surface area contributed by atoms with Crippen molar-refractivity contribution in [2.75, 3.05) is 26.4 Å². The Morgan fingerprint density at radius 2 is 0.903 bits per heavy atom. The van der Waals surface area contributed by atoms with Gasteiger partial charge >= 0.3 is 0 Å². The molecule has 8 aliphatic rings. The van der Waals surface area contributed by atoms with Crippen molar-refractivity contribution in [3.8, 4) is 0 Å². The predicted molar refractivity (Wildman–Crippen MR) is 250 cm³/mol. The van der Waals surface area contributed by atoms with Crippen LogP contribution in [0.4, 0.5) is 0 Å². The first-order valence-corrected chi connectivity index (χ1v) is 27.0. The van der Waals surface area contributed by atoms with E-state index in [0.717, 1.165) is 55.3 Å². The quantitative estimate of drug-likeness (QED) is 0.0759. The van der Waals surface area contributed by atoms with Gasteiger partial charge in [0.05, 0.1) is 32.5 Å². The lowest BCUT2D eigenvalue weighted by Crippen LogP contribution is -2.67. The van der Waals surface area contributed by atoms with Gasteiger partial charge in [0.1, 0.15) is 97.7 Å². The van der Waals surface area contributed by atoms with E-state index in [9.17, 15) is 66.4 Å². The molecule has 0 radical (unpaired) electrons. The highest BCUT2D eigenvalue weighted by atomic mass is 16.8. The van der Waals surface area contributed by atoms with Crippen LogP contribution in [-0.4, -0.2) is 222 Å². The van der Waals surface area contributed by atoms with Crippen molar-refractivity contribution in [3.63, 3.8) is 0 Å². The van der Waals surface area contributed by atoms with E-state index in [1.165, 1.54) is 51.4 Å². The van der Waals surface area contributed by atoms with Crippen LogP contribution in [0.25, 0.3) is 0 Å². The molecule has 0 aromatic carbocycles. The molecule has 4 aliphatic carbocycles. The fourth-order valence-corrected chi connectivity index (χ4v) is 15.2. The van der Waals surface area contributed by atoms with Gasteiger partial charge < -0.3 is 104 Å². The molecule has 4 saturated heterocycles. The zero-order valence-electron chi connectivity index (χ0n) is 42.6. The van der Waals surface area contributed by atoms with Crippen LogP contribution < -0.4 is 0 Å². The summed E-state index contributed by atoms with van der Waals surface area (Å²) in [6.45, 7) is 9.02. The zero-order valence-corrected chi connectivity index (χ0v) is 42.6. The van der Waals surface area contributed by atoms with E-state index in [1.54, 1.807) is 0 Å². The molecule has 21 heteroatoms. The van der Waals surface area contributed by atoms with Gasteiger partial charge in [0.2, 0.25) is 0 Å². The average molecular weight is 1040 g/mol. The number of hydrogen-bond acceptors (Lipinski definition) is 21. The lowest BCUT2D eigenvalue weighted by atomic mass is 9.44. The predicted octanol–water partition coefficient (Wildman–Crippen LogP) is -1.23. The summed E-state index contributed by atoms with van der Waals surface area (Å²) in [6, 6.07) is 0. The third-order valence-corrected chi connectivity index (χ3v) is 19.3. The molecule has 418 valence electrons. The number of rotatable bonds is 17. The number of ether oxygens (including phenoxy) is 8. The van der Waals surface area contributed by atoms with Gasteiger partial charge in [0.25, 0.3) is 0 Å². The average Bonchev–Trinajstić information content (AvgIpc) is 3.72. The maximum Gasteiger partial charge on any atom is 0.187 e. The Bertz CT molecular complexity index is 1710. The van der Waals surface area contributed by atoms with E-state index in [0.29, 0.717) is 17.3 Å². The summed E-state index contributed by atoms with van der Waals surface area (Å²) in [5.41, 5.74) is 0.581. The third-order valence-electron chi connectivity index (χ3n) is 19.3. The molecule has 4 heterocycles. The van der Waals surface area contributed by atoms with Crippen LogP contribution in [0.15, 0.2) is 0 Å². The summed E-state index contributed by atoms with van der Waals surface area (Å²) >= 11 is 0. The van der Waals surface area contributed by atoms with Gasteiger partial charge in [-0.1, -0.05) is 53.9 Å². The van der Waals surface area contributed by atoms with E-state index in [4.69, 9.17) is 37.9 Å². The van der Waals surface area contributed by atoms with E-state index >= 15 is 0 Å². The Morgan fingerprint density at radius 3 is 1.39 bits per heavy atom. The molecule has 13 N–H and O–H groups in total. The second-order valence-corrected chi connectivity index (χ2v) is 23.8. The molecule has 72 heavy (non-hydrogen) atoms. The summed E-state index contributed by atoms with van der Waals surface area (Å²) in [5, 5.41) is 139. The monoisotopic (exact) mass is 1040 g/mol. The van der Waals surface area contributed by atoms with E-state index < -0.39 is 149 Å². The van der Waals surface area contributed by atoms with Crippen molar-refractivity contribution in [1.82, 2.24) is 0 Å². The number of aliphatic hydroxyl groups is 13. The first-order valence-electron chi connectivity index (χ1n) is 27.0. The molecule has 8 fully saturated rings. The molecule has 8 rings (SSSR count). The Hall–Kier alpha value is -0.840. The first-order chi connectivity index (χ1) is 34.2. The SMILES string of the molecule is CC(C)CCCC(C)C1CCC2C3CCC4CC(OC5OC(CO)C(OC6OC(CO)C(OC7OC(CO)C(OC8OC(CO)C(O)C(O)C8O)C(O)C7O)C(O)C6O)C(O)C5O)CC[C@]4(C)C3CC[C@]12C. The molecule has 0 bridgehead atoms. The summed E-state index contributed by atoms with van der Waals surface area (Å²) in [5.74, 6) is 4.88. The molecule has 29 atom stereocenters. The molecule has 21 nitrogen and oxygen atoms in total. The molecule has 4 saturated carbocycles. The second-order valence-electron chi connectivity index (χ2n) is 23.8. The summed E-state index contributed by atoms with van der Waals surface area (Å²) in [7, 11) is 0. The maximum atomic E-state index is 11.5.